The maximum Gasteiger partial charge on any atom is 0.0334 e. The van der Waals surface area contributed by atoms with Gasteiger partial charge in [-0.25, -0.2) is 0 Å². The Balaban J connectivity index is 1.67. The monoisotopic (exact) mass is 272 g/mol. The molecule has 1 spiro atoms. The van der Waals surface area contributed by atoms with Crippen molar-refractivity contribution in [2.75, 3.05) is 19.6 Å². The minimum absolute atomic E-state index is 0.458. The Morgan fingerprint density at radius 2 is 1.90 bits per heavy atom. The first-order valence-electron chi connectivity index (χ1n) is 8.31. The molecule has 1 aromatic carbocycles. The van der Waals surface area contributed by atoms with E-state index >= 15 is 0 Å². The van der Waals surface area contributed by atoms with Crippen molar-refractivity contribution in [3.05, 3.63) is 35.9 Å². The summed E-state index contributed by atoms with van der Waals surface area (Å²) in [5.74, 6) is 0. The van der Waals surface area contributed by atoms with Gasteiger partial charge in [0.25, 0.3) is 0 Å². The fraction of sp³-hybridized carbons (Fsp3) is 0.667. The van der Waals surface area contributed by atoms with E-state index in [0.29, 0.717) is 11.6 Å². The lowest BCUT2D eigenvalue weighted by molar-refractivity contribution is 0.0137. The third kappa shape index (κ3) is 3.07. The second kappa shape index (κ2) is 6.28. The van der Waals surface area contributed by atoms with E-state index in [1.165, 1.54) is 63.7 Å². The number of benzene rings is 1. The van der Waals surface area contributed by atoms with Gasteiger partial charge in [-0.05, 0) is 31.7 Å². The molecule has 2 aliphatic rings. The molecule has 3 rings (SSSR count). The summed E-state index contributed by atoms with van der Waals surface area (Å²) in [4.78, 5) is 2.81. The summed E-state index contributed by atoms with van der Waals surface area (Å²) in [5, 5.41) is 3.73. The van der Waals surface area contributed by atoms with Crippen LogP contribution >= 0.6 is 0 Å². The number of nitrogens with one attached hydrogen (secondary N) is 1. The molecule has 1 saturated heterocycles. The zero-order chi connectivity index (χ0) is 13.8. The van der Waals surface area contributed by atoms with Crippen molar-refractivity contribution in [2.45, 2.75) is 57.0 Å². The molecule has 0 aromatic heterocycles. The van der Waals surface area contributed by atoms with Crippen LogP contribution in [0.3, 0.4) is 0 Å². The molecule has 1 aliphatic heterocycles. The summed E-state index contributed by atoms with van der Waals surface area (Å²) >= 11 is 0. The van der Waals surface area contributed by atoms with Crippen LogP contribution < -0.4 is 5.32 Å². The predicted molar refractivity (Wildman–Crippen MR) is 85.0 cm³/mol. The lowest BCUT2D eigenvalue weighted by Crippen LogP contribution is -2.64. The first-order valence-corrected chi connectivity index (χ1v) is 8.31. The highest BCUT2D eigenvalue weighted by atomic mass is 15.3. The summed E-state index contributed by atoms with van der Waals surface area (Å²) < 4.78 is 0. The van der Waals surface area contributed by atoms with Crippen LogP contribution in [0.15, 0.2) is 30.3 Å². The van der Waals surface area contributed by atoms with Gasteiger partial charge in [0.2, 0.25) is 0 Å². The van der Waals surface area contributed by atoms with E-state index in [1.54, 1.807) is 0 Å². The molecule has 1 aromatic rings. The van der Waals surface area contributed by atoms with Crippen molar-refractivity contribution in [3.63, 3.8) is 0 Å². The van der Waals surface area contributed by atoms with Gasteiger partial charge < -0.3 is 5.32 Å². The normalized spacial score (nSPS) is 26.8. The predicted octanol–water partition coefficient (Wildman–Crippen LogP) is 3.23. The molecular formula is C18H28N2. The summed E-state index contributed by atoms with van der Waals surface area (Å²) in [6.07, 6.45) is 8.23. The maximum absolute atomic E-state index is 3.73. The first kappa shape index (κ1) is 14.1. The van der Waals surface area contributed by atoms with Crippen LogP contribution in [0.5, 0.6) is 0 Å². The molecule has 2 nitrogen and oxygen atoms in total. The molecule has 1 unspecified atom stereocenters. The molecule has 2 fully saturated rings. The molecule has 1 atom stereocenters. The molecule has 1 saturated carbocycles. The molecule has 110 valence electrons. The molecule has 1 heterocycles. The molecule has 1 N–H and O–H groups in total. The number of hydrogen-bond acceptors (Lipinski definition) is 2. The third-order valence-electron chi connectivity index (χ3n) is 5.24. The van der Waals surface area contributed by atoms with Crippen LogP contribution in [0.25, 0.3) is 0 Å². The molecule has 20 heavy (non-hydrogen) atoms. The highest BCUT2D eigenvalue weighted by molar-refractivity contribution is 5.15. The van der Waals surface area contributed by atoms with E-state index in [2.05, 4.69) is 47.5 Å². The minimum Gasteiger partial charge on any atom is -0.311 e. The SMILES string of the molecule is CC1CN(CCc2ccccc2)C2(CCCCC2)CN1. The summed E-state index contributed by atoms with van der Waals surface area (Å²) in [7, 11) is 0. The fourth-order valence-electron chi connectivity index (χ4n) is 4.00. The lowest BCUT2D eigenvalue weighted by atomic mass is 9.78. The summed E-state index contributed by atoms with van der Waals surface area (Å²) in [6.45, 7) is 5.96. The van der Waals surface area contributed by atoms with E-state index < -0.39 is 0 Å². The Morgan fingerprint density at radius 3 is 2.65 bits per heavy atom. The van der Waals surface area contributed by atoms with Gasteiger partial charge in [-0.1, -0.05) is 49.6 Å². The van der Waals surface area contributed by atoms with Crippen molar-refractivity contribution in [1.82, 2.24) is 10.2 Å². The van der Waals surface area contributed by atoms with Gasteiger partial charge in [0, 0.05) is 31.2 Å². The van der Waals surface area contributed by atoms with Crippen LogP contribution in [0.1, 0.15) is 44.6 Å². The van der Waals surface area contributed by atoms with Crippen LogP contribution in [0, 0.1) is 0 Å². The van der Waals surface area contributed by atoms with Gasteiger partial charge >= 0.3 is 0 Å². The lowest BCUT2D eigenvalue weighted by Gasteiger charge is -2.51. The van der Waals surface area contributed by atoms with Crippen molar-refractivity contribution in [2.24, 2.45) is 0 Å². The minimum atomic E-state index is 0.458. The van der Waals surface area contributed by atoms with Gasteiger partial charge in [-0.2, -0.15) is 0 Å². The van der Waals surface area contributed by atoms with Crippen LogP contribution in [0.2, 0.25) is 0 Å². The first-order chi connectivity index (χ1) is 9.78. The zero-order valence-corrected chi connectivity index (χ0v) is 12.8. The van der Waals surface area contributed by atoms with Crippen LogP contribution in [-0.4, -0.2) is 36.1 Å². The van der Waals surface area contributed by atoms with E-state index in [9.17, 15) is 0 Å². The second-order valence-corrected chi connectivity index (χ2v) is 6.75. The van der Waals surface area contributed by atoms with Crippen LogP contribution in [0.4, 0.5) is 0 Å². The Bertz CT molecular complexity index is 409. The quantitative estimate of drug-likeness (QED) is 0.909. The van der Waals surface area contributed by atoms with Crippen molar-refractivity contribution in [1.29, 1.82) is 0 Å². The van der Waals surface area contributed by atoms with Gasteiger partial charge in [-0.15, -0.1) is 0 Å². The van der Waals surface area contributed by atoms with Gasteiger partial charge in [-0.3, -0.25) is 4.90 Å². The number of nitrogens with zero attached hydrogens (tertiary/aromatic N) is 1. The standard InChI is InChI=1S/C18H28N2/c1-16-14-20(13-10-17-8-4-2-5-9-17)18(15-19-16)11-6-3-7-12-18/h2,4-5,8-9,16,19H,3,6-7,10-15H2,1H3. The molecule has 0 amide bonds. The van der Waals surface area contributed by atoms with Crippen molar-refractivity contribution in [3.8, 4) is 0 Å². The Morgan fingerprint density at radius 1 is 1.15 bits per heavy atom. The fourth-order valence-corrected chi connectivity index (χ4v) is 4.00. The highest BCUT2D eigenvalue weighted by Gasteiger charge is 2.40. The molecule has 2 heteroatoms. The van der Waals surface area contributed by atoms with Crippen LogP contribution in [-0.2, 0) is 6.42 Å². The van der Waals surface area contributed by atoms with Crippen molar-refractivity contribution < 1.29 is 0 Å². The second-order valence-electron chi connectivity index (χ2n) is 6.75. The van der Waals surface area contributed by atoms with E-state index in [4.69, 9.17) is 0 Å². The molecule has 0 radical (unpaired) electrons. The molecule has 1 aliphatic carbocycles. The molecule has 0 bridgehead atoms. The maximum atomic E-state index is 3.73. The van der Waals surface area contributed by atoms with E-state index in [0.717, 1.165) is 0 Å². The number of rotatable bonds is 3. The average Bonchev–Trinajstić information content (AvgIpc) is 2.50. The van der Waals surface area contributed by atoms with E-state index in [1.807, 2.05) is 0 Å². The van der Waals surface area contributed by atoms with Gasteiger partial charge in [0.1, 0.15) is 0 Å². The Hall–Kier alpha value is -0.860. The third-order valence-corrected chi connectivity index (χ3v) is 5.24. The largest absolute Gasteiger partial charge is 0.311 e. The average molecular weight is 272 g/mol. The Labute approximate surface area is 123 Å². The number of hydrogen-bond donors (Lipinski definition) is 1. The summed E-state index contributed by atoms with van der Waals surface area (Å²) in [5.41, 5.74) is 1.93. The van der Waals surface area contributed by atoms with Gasteiger partial charge in [0.05, 0.1) is 0 Å². The van der Waals surface area contributed by atoms with E-state index in [-0.39, 0.29) is 0 Å². The molecular weight excluding hydrogens is 244 g/mol. The van der Waals surface area contributed by atoms with Crippen molar-refractivity contribution >= 4 is 0 Å². The number of piperazine rings is 1. The smallest absolute Gasteiger partial charge is 0.0334 e. The zero-order valence-electron chi connectivity index (χ0n) is 12.8. The summed E-state index contributed by atoms with van der Waals surface area (Å²) in [6, 6.07) is 11.6. The highest BCUT2D eigenvalue weighted by Crippen LogP contribution is 2.35. The van der Waals surface area contributed by atoms with Gasteiger partial charge in [0.15, 0.2) is 0 Å². The Kier molecular flexibility index (Phi) is 4.42. The topological polar surface area (TPSA) is 15.3 Å².